The van der Waals surface area contributed by atoms with Crippen molar-refractivity contribution in [2.45, 2.75) is 51.7 Å². The molecular formula is C27H34N2O4V+2. The molecule has 2 aromatic heterocycles. The van der Waals surface area contributed by atoms with Gasteiger partial charge in [0.2, 0.25) is 0 Å². The van der Waals surface area contributed by atoms with Crippen molar-refractivity contribution in [3.8, 4) is 11.5 Å². The number of hydrogen-bond donors (Lipinski definition) is 3. The first-order chi connectivity index (χ1) is 16.5. The van der Waals surface area contributed by atoms with Gasteiger partial charge in [0, 0.05) is 12.1 Å². The molecule has 0 aliphatic heterocycles. The van der Waals surface area contributed by atoms with Gasteiger partial charge in [0.15, 0.2) is 23.9 Å². The molecule has 0 atom stereocenters. The van der Waals surface area contributed by atoms with Crippen LogP contribution < -0.4 is 9.13 Å². The van der Waals surface area contributed by atoms with Crippen LogP contribution in [0, 0.1) is 0 Å². The van der Waals surface area contributed by atoms with Crippen LogP contribution in [0.2, 0.25) is 0 Å². The number of aromatic nitrogens is 2. The van der Waals surface area contributed by atoms with E-state index < -0.39 is 0 Å². The first-order valence-electron chi connectivity index (χ1n) is 11.5. The van der Waals surface area contributed by atoms with Gasteiger partial charge < -0.3 is 15.3 Å². The Labute approximate surface area is 210 Å². The van der Waals surface area contributed by atoms with Gasteiger partial charge in [0.25, 0.3) is 11.0 Å². The Bertz CT molecular complexity index is 1140. The van der Waals surface area contributed by atoms with Gasteiger partial charge in [-0.1, -0.05) is 31.4 Å². The maximum absolute atomic E-state index is 9.66. The summed E-state index contributed by atoms with van der Waals surface area (Å²) in [4.78, 5) is 0. The molecule has 0 amide bonds. The minimum atomic E-state index is 0.0359. The summed E-state index contributed by atoms with van der Waals surface area (Å²) in [6.45, 7) is 2.93. The average molecular weight is 502 g/mol. The third-order valence-electron chi connectivity index (χ3n) is 5.77. The maximum atomic E-state index is 9.66. The van der Waals surface area contributed by atoms with Gasteiger partial charge in [0.05, 0.1) is 16.9 Å². The monoisotopic (exact) mass is 501 g/mol. The van der Waals surface area contributed by atoms with Crippen LogP contribution in [0.5, 0.6) is 11.5 Å². The van der Waals surface area contributed by atoms with E-state index in [1.54, 1.807) is 12.1 Å². The molecule has 0 saturated heterocycles. The van der Waals surface area contributed by atoms with Crippen LogP contribution in [0.1, 0.15) is 39.0 Å². The zero-order valence-corrected chi connectivity index (χ0v) is 21.2. The number of pyridine rings is 2. The predicted octanol–water partition coefficient (Wildman–Crippen LogP) is 4.41. The first-order valence-corrected chi connectivity index (χ1v) is 12.1. The second-order valence-corrected chi connectivity index (χ2v) is 8.14. The van der Waals surface area contributed by atoms with E-state index in [0.717, 1.165) is 58.6 Å². The molecular weight excluding hydrogens is 467 g/mol. The Morgan fingerprint density at radius 1 is 0.794 bits per heavy atom. The number of rotatable bonds is 1. The molecule has 179 valence electrons. The molecule has 0 spiro atoms. The predicted molar refractivity (Wildman–Crippen MR) is 128 cm³/mol. The quantitative estimate of drug-likeness (QED) is 0.337. The molecule has 6 nitrogen and oxygen atoms in total. The number of aromatic hydroxyl groups is 2. The van der Waals surface area contributed by atoms with Gasteiger partial charge in [-0.3, -0.25) is 0 Å². The van der Waals surface area contributed by atoms with Crippen molar-refractivity contribution in [3.05, 3.63) is 73.1 Å². The molecule has 1 aliphatic rings. The number of para-hydroxylation sites is 2. The van der Waals surface area contributed by atoms with E-state index in [1.807, 2.05) is 77.1 Å². The van der Waals surface area contributed by atoms with E-state index in [9.17, 15) is 10.2 Å². The fraction of sp³-hybridized carbons (Fsp3) is 0.333. The van der Waals surface area contributed by atoms with Crippen LogP contribution in [-0.4, -0.2) is 21.4 Å². The number of nitrogens with zero attached hydrogens (tertiary/aromatic N) is 2. The van der Waals surface area contributed by atoms with Crippen LogP contribution in [0.15, 0.2) is 73.1 Å². The summed E-state index contributed by atoms with van der Waals surface area (Å²) in [6, 6.07) is 19.0. The van der Waals surface area contributed by atoms with Gasteiger partial charge in [-0.2, -0.15) is 9.13 Å². The zero-order valence-electron chi connectivity index (χ0n) is 19.8. The second-order valence-electron chi connectivity index (χ2n) is 8.14. The summed E-state index contributed by atoms with van der Waals surface area (Å²) in [6.07, 6.45) is 9.82. The van der Waals surface area contributed by atoms with Crippen molar-refractivity contribution in [2.24, 2.45) is 7.05 Å². The zero-order chi connectivity index (χ0) is 24.9. The van der Waals surface area contributed by atoms with Gasteiger partial charge >= 0.3 is 21.0 Å². The molecule has 0 bridgehead atoms. The SMILES string of the molecule is CC[n+]1cccc2cccc(O)c21.C[n+]1cccc2cccc(O)c21.OC1CCCCC1.[O]=[V]. The molecule has 5 rings (SSSR count). The average Bonchev–Trinajstić information content (AvgIpc) is 2.86. The minimum absolute atomic E-state index is 0.0359. The van der Waals surface area contributed by atoms with Crippen molar-refractivity contribution >= 4 is 21.8 Å². The van der Waals surface area contributed by atoms with E-state index in [4.69, 9.17) is 8.78 Å². The molecule has 2 heterocycles. The molecule has 4 aromatic rings. The normalized spacial score (nSPS) is 13.0. The summed E-state index contributed by atoms with van der Waals surface area (Å²) in [7, 11) is 1.92. The van der Waals surface area contributed by atoms with E-state index in [0.29, 0.717) is 11.5 Å². The number of aryl methyl sites for hydroxylation is 2. The molecule has 2 aromatic carbocycles. The number of aliphatic hydroxyl groups is 1. The van der Waals surface area contributed by atoms with Crippen LogP contribution in [0.3, 0.4) is 0 Å². The summed E-state index contributed by atoms with van der Waals surface area (Å²) >= 11 is 1.06. The number of phenols is 2. The van der Waals surface area contributed by atoms with Gasteiger partial charge in [-0.15, -0.1) is 0 Å². The van der Waals surface area contributed by atoms with Crippen LogP contribution >= 0.6 is 0 Å². The molecule has 0 radical (unpaired) electrons. The Morgan fingerprint density at radius 3 is 1.79 bits per heavy atom. The third kappa shape index (κ3) is 7.62. The van der Waals surface area contributed by atoms with Crippen LogP contribution in [0.4, 0.5) is 0 Å². The molecule has 7 heteroatoms. The van der Waals surface area contributed by atoms with Gasteiger partial charge in [0.1, 0.15) is 13.6 Å². The molecule has 34 heavy (non-hydrogen) atoms. The number of hydrogen-bond acceptors (Lipinski definition) is 4. The van der Waals surface area contributed by atoms with Gasteiger partial charge in [-0.05, 0) is 56.2 Å². The molecule has 1 aliphatic carbocycles. The summed E-state index contributed by atoms with van der Waals surface area (Å²) in [5.74, 6) is 0.676. The molecule has 3 N–H and O–H groups in total. The van der Waals surface area contributed by atoms with Gasteiger partial charge in [-0.25, -0.2) is 0 Å². The standard InChI is InChI=1S/C11H11NO.C10H9NO.C6H12O.O.V/c1-2-12-8-4-6-9-5-3-7-10(13)11(9)12;1-11-7-3-5-8-4-2-6-9(12)10(8)11;7-6-4-2-1-3-5-6;;/h3-8H,2H2,1H3;2-7H,1H3;6-7H,1-5H2;;/p+2. The number of aliphatic hydroxyl groups excluding tert-OH is 1. The summed E-state index contributed by atoms with van der Waals surface area (Å²) in [5, 5.41) is 30.2. The second kappa shape index (κ2) is 14.5. The molecule has 0 unspecified atom stereocenters. The fourth-order valence-corrected chi connectivity index (χ4v) is 4.08. The molecule has 1 saturated carbocycles. The topological polar surface area (TPSA) is 85.5 Å². The van der Waals surface area contributed by atoms with Crippen LogP contribution in [-0.2, 0) is 34.6 Å². The van der Waals surface area contributed by atoms with E-state index >= 15 is 0 Å². The number of phenolic OH excluding ortho intramolecular Hbond substituents is 2. The van der Waals surface area contributed by atoms with E-state index in [2.05, 4.69) is 6.92 Å². The number of benzene rings is 2. The first kappa shape index (κ1) is 27.4. The third-order valence-corrected chi connectivity index (χ3v) is 5.77. The summed E-state index contributed by atoms with van der Waals surface area (Å²) < 4.78 is 12.1. The van der Waals surface area contributed by atoms with Crippen molar-refractivity contribution in [3.63, 3.8) is 0 Å². The Kier molecular flexibility index (Phi) is 11.7. The van der Waals surface area contributed by atoms with E-state index in [1.165, 1.54) is 19.3 Å². The van der Waals surface area contributed by atoms with Crippen molar-refractivity contribution in [1.29, 1.82) is 0 Å². The van der Waals surface area contributed by atoms with Crippen molar-refractivity contribution < 1.29 is 45.5 Å². The van der Waals surface area contributed by atoms with Crippen molar-refractivity contribution in [2.75, 3.05) is 0 Å². The summed E-state index contributed by atoms with van der Waals surface area (Å²) in [5.41, 5.74) is 1.78. The molecule has 1 fully saturated rings. The fourth-order valence-electron chi connectivity index (χ4n) is 4.08. The Morgan fingerprint density at radius 2 is 1.29 bits per heavy atom. The van der Waals surface area contributed by atoms with Crippen molar-refractivity contribution in [1.82, 2.24) is 0 Å². The Balaban J connectivity index is 0.000000181. The number of fused-ring (bicyclic) bond motifs is 2. The van der Waals surface area contributed by atoms with E-state index in [-0.39, 0.29) is 6.10 Å². The van der Waals surface area contributed by atoms with Crippen LogP contribution in [0.25, 0.3) is 21.8 Å². The Hall–Kier alpha value is -2.80.